The van der Waals surface area contributed by atoms with Gasteiger partial charge in [0.2, 0.25) is 0 Å². The molecule has 0 radical (unpaired) electrons. The summed E-state index contributed by atoms with van der Waals surface area (Å²) in [6.07, 6.45) is 0.672. The molecule has 16 heavy (non-hydrogen) atoms. The Labute approximate surface area is 99.8 Å². The van der Waals surface area contributed by atoms with Gasteiger partial charge in [-0.15, -0.1) is 0 Å². The molecule has 3 N–H and O–H groups in total. The van der Waals surface area contributed by atoms with E-state index in [0.717, 1.165) is 19.5 Å². The van der Waals surface area contributed by atoms with Gasteiger partial charge in [0.1, 0.15) is 0 Å². The fourth-order valence-corrected chi connectivity index (χ4v) is 1.76. The van der Waals surface area contributed by atoms with Crippen LogP contribution in [0.15, 0.2) is 0 Å². The van der Waals surface area contributed by atoms with Crippen LogP contribution in [0, 0.1) is 5.41 Å². The van der Waals surface area contributed by atoms with Crippen molar-refractivity contribution in [3.63, 3.8) is 0 Å². The Morgan fingerprint density at radius 2 is 2.06 bits per heavy atom. The fraction of sp³-hybridized carbons (Fsp3) is 1.00. The molecule has 0 aromatic carbocycles. The highest BCUT2D eigenvalue weighted by molar-refractivity contribution is 4.76. The van der Waals surface area contributed by atoms with E-state index in [9.17, 15) is 5.11 Å². The lowest BCUT2D eigenvalue weighted by atomic mass is 9.93. The van der Waals surface area contributed by atoms with Crippen LogP contribution in [0.3, 0.4) is 0 Å². The fourth-order valence-electron chi connectivity index (χ4n) is 1.76. The van der Waals surface area contributed by atoms with Crippen molar-refractivity contribution in [2.75, 3.05) is 39.9 Å². The average Bonchev–Trinajstić information content (AvgIpc) is 2.17. The standard InChI is InChI=1S/C12H28N2O2/c1-5-6-14(7-11(15)8-16-4)10-12(2,3)9-13/h11,15H,5-10,13H2,1-4H3. The van der Waals surface area contributed by atoms with Crippen LogP contribution in [0.25, 0.3) is 0 Å². The highest BCUT2D eigenvalue weighted by atomic mass is 16.5. The first kappa shape index (κ1) is 15.8. The van der Waals surface area contributed by atoms with Crippen LogP contribution in [0.5, 0.6) is 0 Å². The molecule has 1 atom stereocenters. The highest BCUT2D eigenvalue weighted by Gasteiger charge is 2.21. The van der Waals surface area contributed by atoms with Gasteiger partial charge in [-0.3, -0.25) is 0 Å². The molecule has 98 valence electrons. The molecule has 0 aliphatic carbocycles. The quantitative estimate of drug-likeness (QED) is 0.614. The van der Waals surface area contributed by atoms with E-state index < -0.39 is 6.10 Å². The van der Waals surface area contributed by atoms with Crippen molar-refractivity contribution < 1.29 is 9.84 Å². The molecule has 0 fully saturated rings. The molecule has 0 saturated heterocycles. The highest BCUT2D eigenvalue weighted by Crippen LogP contribution is 2.15. The van der Waals surface area contributed by atoms with Gasteiger partial charge in [-0.1, -0.05) is 20.8 Å². The molecule has 0 spiro atoms. The number of aliphatic hydroxyl groups is 1. The number of hydrogen-bond donors (Lipinski definition) is 2. The van der Waals surface area contributed by atoms with E-state index in [-0.39, 0.29) is 5.41 Å². The minimum atomic E-state index is -0.412. The predicted octanol–water partition coefficient (Wildman–Crippen LogP) is 0.691. The lowest BCUT2D eigenvalue weighted by molar-refractivity contribution is 0.0294. The third-order valence-corrected chi connectivity index (χ3v) is 2.57. The zero-order chi connectivity index (χ0) is 12.6. The molecular formula is C12H28N2O2. The Kier molecular flexibility index (Phi) is 7.93. The van der Waals surface area contributed by atoms with Crippen molar-refractivity contribution in [3.05, 3.63) is 0 Å². The number of methoxy groups -OCH3 is 1. The van der Waals surface area contributed by atoms with E-state index in [1.165, 1.54) is 0 Å². The summed E-state index contributed by atoms with van der Waals surface area (Å²) in [7, 11) is 1.61. The van der Waals surface area contributed by atoms with Crippen molar-refractivity contribution in [2.45, 2.75) is 33.3 Å². The number of ether oxygens (including phenoxy) is 1. The van der Waals surface area contributed by atoms with Gasteiger partial charge in [-0.25, -0.2) is 0 Å². The first-order chi connectivity index (χ1) is 7.45. The van der Waals surface area contributed by atoms with Gasteiger partial charge in [0, 0.05) is 20.2 Å². The molecule has 4 nitrogen and oxygen atoms in total. The molecule has 0 amide bonds. The summed E-state index contributed by atoms with van der Waals surface area (Å²) in [5.74, 6) is 0. The Hall–Kier alpha value is -0.160. The second-order valence-corrected chi connectivity index (χ2v) is 5.21. The maximum Gasteiger partial charge on any atom is 0.0900 e. The van der Waals surface area contributed by atoms with Crippen LogP contribution < -0.4 is 5.73 Å². The molecule has 0 heterocycles. The summed E-state index contributed by atoms with van der Waals surface area (Å²) in [5, 5.41) is 9.72. The van der Waals surface area contributed by atoms with Gasteiger partial charge in [-0.05, 0) is 24.9 Å². The van der Waals surface area contributed by atoms with E-state index in [1.807, 2.05) is 0 Å². The predicted molar refractivity (Wildman–Crippen MR) is 67.4 cm³/mol. The minimum absolute atomic E-state index is 0.0992. The second-order valence-electron chi connectivity index (χ2n) is 5.21. The lowest BCUT2D eigenvalue weighted by Gasteiger charge is -2.32. The van der Waals surface area contributed by atoms with E-state index >= 15 is 0 Å². The summed E-state index contributed by atoms with van der Waals surface area (Å²) in [4.78, 5) is 2.26. The van der Waals surface area contributed by atoms with Crippen LogP contribution in [-0.2, 0) is 4.74 Å². The summed E-state index contributed by atoms with van der Waals surface area (Å²) < 4.78 is 4.94. The first-order valence-electron chi connectivity index (χ1n) is 6.04. The molecule has 4 heteroatoms. The molecule has 0 bridgehead atoms. The molecule has 0 aliphatic heterocycles. The van der Waals surface area contributed by atoms with E-state index in [0.29, 0.717) is 19.7 Å². The van der Waals surface area contributed by atoms with Crippen molar-refractivity contribution in [2.24, 2.45) is 11.1 Å². The minimum Gasteiger partial charge on any atom is -0.389 e. The largest absolute Gasteiger partial charge is 0.389 e. The smallest absolute Gasteiger partial charge is 0.0900 e. The van der Waals surface area contributed by atoms with Crippen molar-refractivity contribution in [3.8, 4) is 0 Å². The second kappa shape index (κ2) is 8.01. The lowest BCUT2D eigenvalue weighted by Crippen LogP contribution is -2.43. The summed E-state index contributed by atoms with van der Waals surface area (Å²) in [6.45, 7) is 10.1. The Morgan fingerprint density at radius 3 is 2.50 bits per heavy atom. The van der Waals surface area contributed by atoms with E-state index in [1.54, 1.807) is 7.11 Å². The normalized spacial score (nSPS) is 14.4. The third kappa shape index (κ3) is 7.17. The average molecular weight is 232 g/mol. The SMILES string of the molecule is CCCN(CC(O)COC)CC(C)(C)CN. The summed E-state index contributed by atoms with van der Waals surface area (Å²) in [5.41, 5.74) is 5.83. The monoisotopic (exact) mass is 232 g/mol. The van der Waals surface area contributed by atoms with Gasteiger partial charge >= 0.3 is 0 Å². The molecule has 0 saturated carbocycles. The number of nitrogens with two attached hydrogens (primary N) is 1. The third-order valence-electron chi connectivity index (χ3n) is 2.57. The maximum absolute atomic E-state index is 9.72. The Bertz CT molecular complexity index is 174. The number of aliphatic hydroxyl groups excluding tert-OH is 1. The molecule has 0 aromatic heterocycles. The summed E-state index contributed by atoms with van der Waals surface area (Å²) >= 11 is 0. The van der Waals surface area contributed by atoms with Crippen LogP contribution in [0.4, 0.5) is 0 Å². The summed E-state index contributed by atoms with van der Waals surface area (Å²) in [6, 6.07) is 0. The van der Waals surface area contributed by atoms with Gasteiger partial charge in [0.25, 0.3) is 0 Å². The van der Waals surface area contributed by atoms with E-state index in [4.69, 9.17) is 10.5 Å². The number of rotatable bonds is 9. The maximum atomic E-state index is 9.72. The van der Waals surface area contributed by atoms with Gasteiger partial charge < -0.3 is 20.5 Å². The number of hydrogen-bond acceptors (Lipinski definition) is 4. The zero-order valence-corrected chi connectivity index (χ0v) is 11.2. The van der Waals surface area contributed by atoms with Crippen LogP contribution >= 0.6 is 0 Å². The zero-order valence-electron chi connectivity index (χ0n) is 11.2. The van der Waals surface area contributed by atoms with Gasteiger partial charge in [-0.2, -0.15) is 0 Å². The van der Waals surface area contributed by atoms with Crippen molar-refractivity contribution >= 4 is 0 Å². The van der Waals surface area contributed by atoms with E-state index in [2.05, 4.69) is 25.7 Å². The molecule has 0 aliphatic rings. The molecular weight excluding hydrogens is 204 g/mol. The molecule has 0 rings (SSSR count). The van der Waals surface area contributed by atoms with Crippen LogP contribution in [0.2, 0.25) is 0 Å². The van der Waals surface area contributed by atoms with Crippen molar-refractivity contribution in [1.82, 2.24) is 4.90 Å². The van der Waals surface area contributed by atoms with Gasteiger partial charge in [0.15, 0.2) is 0 Å². The Balaban J connectivity index is 4.15. The first-order valence-corrected chi connectivity index (χ1v) is 6.04. The Morgan fingerprint density at radius 1 is 1.44 bits per heavy atom. The van der Waals surface area contributed by atoms with Crippen molar-refractivity contribution in [1.29, 1.82) is 0 Å². The van der Waals surface area contributed by atoms with Gasteiger partial charge in [0.05, 0.1) is 12.7 Å². The molecule has 1 unspecified atom stereocenters. The van der Waals surface area contributed by atoms with Crippen LogP contribution in [0.1, 0.15) is 27.2 Å². The van der Waals surface area contributed by atoms with Crippen LogP contribution in [-0.4, -0.2) is 56.0 Å². The molecule has 0 aromatic rings. The number of nitrogens with zero attached hydrogens (tertiary/aromatic N) is 1. The topological polar surface area (TPSA) is 58.7 Å².